The van der Waals surface area contributed by atoms with E-state index in [9.17, 15) is 9.90 Å². The summed E-state index contributed by atoms with van der Waals surface area (Å²) in [6.45, 7) is 1.93. The second-order valence-electron chi connectivity index (χ2n) is 4.97. The van der Waals surface area contributed by atoms with Gasteiger partial charge in [-0.15, -0.1) is 11.3 Å². The van der Waals surface area contributed by atoms with E-state index in [1.54, 1.807) is 23.5 Å². The van der Waals surface area contributed by atoms with Crippen LogP contribution in [0.1, 0.15) is 21.5 Å². The molecule has 2 N–H and O–H groups in total. The van der Waals surface area contributed by atoms with Gasteiger partial charge in [0.1, 0.15) is 0 Å². The van der Waals surface area contributed by atoms with Crippen molar-refractivity contribution in [2.24, 2.45) is 0 Å². The molecule has 0 aliphatic heterocycles. The minimum atomic E-state index is -0.914. The zero-order valence-corrected chi connectivity index (χ0v) is 12.3. The summed E-state index contributed by atoms with van der Waals surface area (Å²) in [5, 5.41) is 21.5. The molecule has 4 heteroatoms. The lowest BCUT2D eigenvalue weighted by atomic mass is 9.97. The third-order valence-electron chi connectivity index (χ3n) is 3.58. The highest BCUT2D eigenvalue weighted by Gasteiger charge is 2.11. The number of aliphatic hydroxyl groups is 1. The van der Waals surface area contributed by atoms with Gasteiger partial charge in [0, 0.05) is 15.6 Å². The zero-order valence-electron chi connectivity index (χ0n) is 11.5. The summed E-state index contributed by atoms with van der Waals surface area (Å²) in [7, 11) is 0. The summed E-state index contributed by atoms with van der Waals surface area (Å²) < 4.78 is 1.16. The van der Waals surface area contributed by atoms with Gasteiger partial charge in [-0.05, 0) is 53.3 Å². The molecule has 0 amide bonds. The first-order valence-corrected chi connectivity index (χ1v) is 7.43. The predicted molar refractivity (Wildman–Crippen MR) is 84.9 cm³/mol. The summed E-state index contributed by atoms with van der Waals surface area (Å²) in [6.07, 6.45) is 0. The number of thiophene rings is 1. The van der Waals surface area contributed by atoms with E-state index in [2.05, 4.69) is 5.38 Å². The molecule has 0 saturated carbocycles. The fourth-order valence-electron chi connectivity index (χ4n) is 2.48. The number of rotatable bonds is 3. The lowest BCUT2D eigenvalue weighted by Crippen LogP contribution is -1.97. The molecule has 0 atom stereocenters. The van der Waals surface area contributed by atoms with Crippen LogP contribution in [-0.4, -0.2) is 16.2 Å². The molecule has 106 valence electrons. The molecular formula is C17H14O3S. The molecule has 0 radical (unpaired) electrons. The monoisotopic (exact) mass is 298 g/mol. The molecule has 3 nitrogen and oxygen atoms in total. The van der Waals surface area contributed by atoms with Crippen LogP contribution in [0.4, 0.5) is 0 Å². The summed E-state index contributed by atoms with van der Waals surface area (Å²) >= 11 is 1.65. The van der Waals surface area contributed by atoms with Crippen molar-refractivity contribution in [3.8, 4) is 11.1 Å². The van der Waals surface area contributed by atoms with E-state index in [4.69, 9.17) is 5.11 Å². The highest BCUT2D eigenvalue weighted by molar-refractivity contribution is 7.17. The van der Waals surface area contributed by atoms with Gasteiger partial charge in [0.2, 0.25) is 0 Å². The largest absolute Gasteiger partial charge is 0.478 e. The van der Waals surface area contributed by atoms with E-state index >= 15 is 0 Å². The minimum Gasteiger partial charge on any atom is -0.478 e. The highest BCUT2D eigenvalue weighted by Crippen LogP contribution is 2.36. The van der Waals surface area contributed by atoms with Crippen molar-refractivity contribution in [3.63, 3.8) is 0 Å². The molecule has 0 aliphatic rings. The van der Waals surface area contributed by atoms with Crippen LogP contribution < -0.4 is 0 Å². The first kappa shape index (κ1) is 13.8. The molecule has 0 saturated heterocycles. The molecule has 0 bridgehead atoms. The van der Waals surface area contributed by atoms with Crippen molar-refractivity contribution in [1.29, 1.82) is 0 Å². The summed E-state index contributed by atoms with van der Waals surface area (Å²) in [5.41, 5.74) is 4.22. The maximum atomic E-state index is 11.0. The number of carbonyl (C=O) groups is 1. The Hall–Kier alpha value is -2.17. The van der Waals surface area contributed by atoms with Crippen molar-refractivity contribution in [1.82, 2.24) is 0 Å². The normalized spacial score (nSPS) is 11.0. The standard InChI is InChI=1S/C17H14O3S/c1-10-6-12(17(19)20)3-4-13(10)15-9-21-16-5-2-11(8-18)7-14(15)16/h2-7,9,18H,8H2,1H3,(H,19,20). The van der Waals surface area contributed by atoms with E-state index in [0.717, 1.165) is 32.3 Å². The molecule has 0 aliphatic carbocycles. The van der Waals surface area contributed by atoms with Crippen LogP contribution in [-0.2, 0) is 6.61 Å². The van der Waals surface area contributed by atoms with E-state index in [-0.39, 0.29) is 6.61 Å². The number of aliphatic hydroxyl groups excluding tert-OH is 1. The SMILES string of the molecule is Cc1cc(C(=O)O)ccc1-c1csc2ccc(CO)cc12. The molecule has 1 aromatic heterocycles. The van der Waals surface area contributed by atoms with Crippen LogP contribution in [0, 0.1) is 6.92 Å². The van der Waals surface area contributed by atoms with E-state index in [1.807, 2.05) is 31.2 Å². The van der Waals surface area contributed by atoms with Crippen molar-refractivity contribution in [2.45, 2.75) is 13.5 Å². The van der Waals surface area contributed by atoms with Crippen LogP contribution >= 0.6 is 11.3 Å². The van der Waals surface area contributed by atoms with Gasteiger partial charge in [0.15, 0.2) is 0 Å². The average molecular weight is 298 g/mol. The van der Waals surface area contributed by atoms with Crippen LogP contribution in [0.15, 0.2) is 41.8 Å². The first-order chi connectivity index (χ1) is 10.1. The van der Waals surface area contributed by atoms with Crippen molar-refractivity contribution in [3.05, 3.63) is 58.5 Å². The van der Waals surface area contributed by atoms with Gasteiger partial charge in [-0.3, -0.25) is 0 Å². The smallest absolute Gasteiger partial charge is 0.335 e. The predicted octanol–water partition coefficient (Wildman–Crippen LogP) is 4.07. The average Bonchev–Trinajstić information content (AvgIpc) is 2.89. The Kier molecular flexibility index (Phi) is 3.49. The quantitative estimate of drug-likeness (QED) is 0.766. The fraction of sp³-hybridized carbons (Fsp3) is 0.118. The molecule has 0 fully saturated rings. The third-order valence-corrected chi connectivity index (χ3v) is 4.55. The van der Waals surface area contributed by atoms with Gasteiger partial charge >= 0.3 is 5.97 Å². The number of aromatic carboxylic acids is 1. The maximum Gasteiger partial charge on any atom is 0.335 e. The summed E-state index contributed by atoms with van der Waals surface area (Å²) in [4.78, 5) is 11.0. The van der Waals surface area contributed by atoms with Gasteiger partial charge in [-0.2, -0.15) is 0 Å². The van der Waals surface area contributed by atoms with Gasteiger partial charge in [0.25, 0.3) is 0 Å². The van der Waals surface area contributed by atoms with Crippen LogP contribution in [0.3, 0.4) is 0 Å². The van der Waals surface area contributed by atoms with Crippen LogP contribution in [0.2, 0.25) is 0 Å². The molecule has 1 heterocycles. The maximum absolute atomic E-state index is 11.0. The van der Waals surface area contributed by atoms with Crippen molar-refractivity contribution < 1.29 is 15.0 Å². The number of aryl methyl sites for hydroxylation is 1. The lowest BCUT2D eigenvalue weighted by molar-refractivity contribution is 0.0697. The fourth-order valence-corrected chi connectivity index (χ4v) is 3.42. The number of carboxylic acid groups (broad SMARTS) is 1. The summed E-state index contributed by atoms with van der Waals surface area (Å²) in [6, 6.07) is 11.1. The van der Waals surface area contributed by atoms with E-state index in [0.29, 0.717) is 5.56 Å². The first-order valence-electron chi connectivity index (χ1n) is 6.55. The van der Waals surface area contributed by atoms with E-state index < -0.39 is 5.97 Å². The Bertz CT molecular complexity index is 833. The van der Waals surface area contributed by atoms with Gasteiger partial charge in [-0.1, -0.05) is 12.1 Å². The second-order valence-corrected chi connectivity index (χ2v) is 5.88. The number of benzene rings is 2. The Morgan fingerprint density at radius 2 is 1.95 bits per heavy atom. The number of hydrogen-bond donors (Lipinski definition) is 2. The minimum absolute atomic E-state index is 0.0160. The Balaban J connectivity index is 2.18. The zero-order chi connectivity index (χ0) is 15.0. The Morgan fingerprint density at radius 1 is 1.14 bits per heavy atom. The second kappa shape index (κ2) is 5.31. The molecule has 2 aromatic carbocycles. The molecular weight excluding hydrogens is 284 g/mol. The molecule has 0 unspecified atom stereocenters. The number of fused-ring (bicyclic) bond motifs is 1. The Morgan fingerprint density at radius 3 is 2.62 bits per heavy atom. The summed E-state index contributed by atoms with van der Waals surface area (Å²) in [5.74, 6) is -0.914. The Labute approximate surface area is 126 Å². The highest BCUT2D eigenvalue weighted by atomic mass is 32.1. The van der Waals surface area contributed by atoms with Gasteiger partial charge in [0.05, 0.1) is 12.2 Å². The number of hydrogen-bond acceptors (Lipinski definition) is 3. The lowest BCUT2D eigenvalue weighted by Gasteiger charge is -2.07. The van der Waals surface area contributed by atoms with Gasteiger partial charge in [-0.25, -0.2) is 4.79 Å². The molecule has 3 rings (SSSR count). The van der Waals surface area contributed by atoms with E-state index in [1.165, 1.54) is 0 Å². The van der Waals surface area contributed by atoms with Crippen molar-refractivity contribution in [2.75, 3.05) is 0 Å². The van der Waals surface area contributed by atoms with Crippen LogP contribution in [0.5, 0.6) is 0 Å². The third kappa shape index (κ3) is 2.44. The topological polar surface area (TPSA) is 57.5 Å². The molecule has 21 heavy (non-hydrogen) atoms. The molecule has 0 spiro atoms. The van der Waals surface area contributed by atoms with Crippen molar-refractivity contribution >= 4 is 27.4 Å². The van der Waals surface area contributed by atoms with Gasteiger partial charge < -0.3 is 10.2 Å². The van der Waals surface area contributed by atoms with Crippen LogP contribution in [0.25, 0.3) is 21.2 Å². The molecule has 3 aromatic rings. The number of carboxylic acids is 1.